The van der Waals surface area contributed by atoms with Crippen LogP contribution in [0.4, 0.5) is 0 Å². The van der Waals surface area contributed by atoms with Crippen molar-refractivity contribution in [2.45, 2.75) is 155 Å². The van der Waals surface area contributed by atoms with Gasteiger partial charge in [0.25, 0.3) is 7.82 Å². The fourth-order valence-electron chi connectivity index (χ4n) is 4.99. The third-order valence-corrected chi connectivity index (χ3v) is 9.21. The number of hydrogen-bond acceptors (Lipinski definition) is 8. The summed E-state index contributed by atoms with van der Waals surface area (Å²) < 4.78 is 33.8. The summed E-state index contributed by atoms with van der Waals surface area (Å²) in [6.07, 6.45) is 41.0. The lowest BCUT2D eigenvalue weighted by Crippen LogP contribution is -2.37. The van der Waals surface area contributed by atoms with Crippen molar-refractivity contribution in [3.05, 3.63) is 60.8 Å². The van der Waals surface area contributed by atoms with Crippen LogP contribution in [-0.4, -0.2) is 70.0 Å². The molecule has 0 spiro atoms. The van der Waals surface area contributed by atoms with E-state index < -0.39 is 32.5 Å². The Balaban J connectivity index is 4.47. The van der Waals surface area contributed by atoms with Gasteiger partial charge < -0.3 is 27.9 Å². The van der Waals surface area contributed by atoms with E-state index in [0.29, 0.717) is 23.9 Å². The van der Waals surface area contributed by atoms with E-state index in [2.05, 4.69) is 74.6 Å². The number of allylic oxidation sites excluding steroid dienone is 10. The van der Waals surface area contributed by atoms with Crippen LogP contribution in [0.1, 0.15) is 149 Å². The first kappa shape index (κ1) is 50.7. The summed E-state index contributed by atoms with van der Waals surface area (Å²) in [7, 11) is 1.13. The number of carbonyl (C=O) groups is 2. The third-order valence-electron chi connectivity index (χ3n) is 8.24. The first-order valence-electron chi connectivity index (χ1n) is 20.5. The maximum atomic E-state index is 12.6. The average molecular weight is 766 g/mol. The number of phosphoric acid groups is 1. The Morgan fingerprint density at radius 3 is 1.62 bits per heavy atom. The smallest absolute Gasteiger partial charge is 0.306 e. The summed E-state index contributed by atoms with van der Waals surface area (Å²) in [5.74, 6) is -0.888. The minimum absolute atomic E-state index is 0.0404. The van der Waals surface area contributed by atoms with Gasteiger partial charge in [-0.2, -0.15) is 0 Å². The van der Waals surface area contributed by atoms with Gasteiger partial charge in [-0.25, -0.2) is 0 Å². The van der Waals surface area contributed by atoms with E-state index in [4.69, 9.17) is 18.5 Å². The molecule has 0 aliphatic heterocycles. The number of nitrogens with zero attached hydrogens (tertiary/aromatic N) is 1. The lowest BCUT2D eigenvalue weighted by atomic mass is 10.1. The number of likely N-dealkylation sites (N-methyl/N-ethyl adjacent to an activating group) is 1. The molecule has 0 aliphatic rings. The molecule has 0 amide bonds. The summed E-state index contributed by atoms with van der Waals surface area (Å²) in [5.41, 5.74) is 0. The Bertz CT molecular complexity index is 1090. The number of quaternary nitrogens is 1. The van der Waals surface area contributed by atoms with Crippen molar-refractivity contribution < 1.29 is 42.1 Å². The van der Waals surface area contributed by atoms with E-state index in [9.17, 15) is 19.0 Å². The van der Waals surface area contributed by atoms with Gasteiger partial charge in [0.2, 0.25) is 0 Å². The monoisotopic (exact) mass is 766 g/mol. The highest BCUT2D eigenvalue weighted by Crippen LogP contribution is 2.38. The van der Waals surface area contributed by atoms with E-state index >= 15 is 0 Å². The molecule has 1 unspecified atom stereocenters. The molecule has 0 aromatic rings. The molecule has 2 atom stereocenters. The first-order valence-corrected chi connectivity index (χ1v) is 22.0. The summed E-state index contributed by atoms with van der Waals surface area (Å²) >= 11 is 0. The molecule has 0 rings (SSSR count). The molecule has 0 aromatic carbocycles. The van der Waals surface area contributed by atoms with Crippen LogP contribution in [0.3, 0.4) is 0 Å². The minimum atomic E-state index is -4.63. The fourth-order valence-corrected chi connectivity index (χ4v) is 5.72. The molecular weight excluding hydrogens is 689 g/mol. The Kier molecular flexibility index (Phi) is 33.9. The molecule has 0 radical (unpaired) electrons. The number of hydrogen-bond donors (Lipinski definition) is 0. The molecule has 0 bridgehead atoms. The van der Waals surface area contributed by atoms with Crippen LogP contribution in [0.15, 0.2) is 60.8 Å². The largest absolute Gasteiger partial charge is 0.756 e. The maximum absolute atomic E-state index is 12.6. The normalized spacial score (nSPS) is 14.3. The Morgan fingerprint density at radius 1 is 0.585 bits per heavy atom. The average Bonchev–Trinajstić information content (AvgIpc) is 3.10. The lowest BCUT2D eigenvalue weighted by molar-refractivity contribution is -0.870. The third kappa shape index (κ3) is 39.2. The van der Waals surface area contributed by atoms with E-state index in [1.165, 1.54) is 25.7 Å². The lowest BCUT2D eigenvalue weighted by Gasteiger charge is -2.28. The molecule has 53 heavy (non-hydrogen) atoms. The number of carbonyl (C=O) groups excluding carboxylic acids is 2. The van der Waals surface area contributed by atoms with Crippen molar-refractivity contribution in [3.8, 4) is 0 Å². The second-order valence-electron chi connectivity index (χ2n) is 14.6. The molecule has 0 N–H and O–H groups in total. The Hall–Kier alpha value is -2.29. The minimum Gasteiger partial charge on any atom is -0.756 e. The van der Waals surface area contributed by atoms with E-state index in [-0.39, 0.29) is 26.1 Å². The maximum Gasteiger partial charge on any atom is 0.306 e. The molecule has 9 nitrogen and oxygen atoms in total. The summed E-state index contributed by atoms with van der Waals surface area (Å²) in [6, 6.07) is 0. The Morgan fingerprint density at radius 2 is 1.06 bits per heavy atom. The van der Waals surface area contributed by atoms with Crippen molar-refractivity contribution in [3.63, 3.8) is 0 Å². The molecule has 0 heterocycles. The molecule has 0 aromatic heterocycles. The molecule has 0 saturated carbocycles. The van der Waals surface area contributed by atoms with Crippen LogP contribution in [0.2, 0.25) is 0 Å². The van der Waals surface area contributed by atoms with Crippen molar-refractivity contribution in [2.75, 3.05) is 47.5 Å². The van der Waals surface area contributed by atoms with Crippen molar-refractivity contribution in [1.82, 2.24) is 0 Å². The van der Waals surface area contributed by atoms with Gasteiger partial charge in [0, 0.05) is 12.8 Å². The quantitative estimate of drug-likeness (QED) is 0.0204. The van der Waals surface area contributed by atoms with Gasteiger partial charge in [0.1, 0.15) is 19.8 Å². The van der Waals surface area contributed by atoms with Crippen LogP contribution in [0.25, 0.3) is 0 Å². The second-order valence-corrected chi connectivity index (χ2v) is 16.1. The SMILES string of the molecule is CCC/C=C/C/C=C/C/C=C/C/C=C/CCCCCC(=O)OC[C@@H](COP(=O)([O-])OCC[N+](C)(C)C)OC(=O)CCCCCCC/C=C/CCCCC. The van der Waals surface area contributed by atoms with Crippen LogP contribution >= 0.6 is 7.82 Å². The highest BCUT2D eigenvalue weighted by atomic mass is 31.2. The predicted molar refractivity (Wildman–Crippen MR) is 217 cm³/mol. The molecule has 0 saturated heterocycles. The predicted octanol–water partition coefficient (Wildman–Crippen LogP) is 10.7. The van der Waals surface area contributed by atoms with E-state index in [0.717, 1.165) is 83.5 Å². The molecule has 0 fully saturated rings. The zero-order chi connectivity index (χ0) is 39.3. The topological polar surface area (TPSA) is 111 Å². The highest BCUT2D eigenvalue weighted by molar-refractivity contribution is 7.45. The van der Waals surface area contributed by atoms with Gasteiger partial charge in [0.05, 0.1) is 27.7 Å². The summed E-state index contributed by atoms with van der Waals surface area (Å²) in [4.78, 5) is 37.4. The summed E-state index contributed by atoms with van der Waals surface area (Å²) in [6.45, 7) is 4.06. The number of esters is 2. The fraction of sp³-hybridized carbons (Fsp3) is 0.721. The number of phosphoric ester groups is 1. The standard InChI is InChI=1S/C43H76NO8P/c1-6-8-10-12-14-16-18-20-21-22-23-24-26-27-29-31-33-35-42(45)49-39-41(40-51-53(47,48)50-38-37-44(3,4)5)52-43(46)36-34-32-30-28-25-19-17-15-13-11-9-7-2/h10,12,15-18,21-22,24,26,41H,6-9,11,13-14,19-20,23,25,27-40H2,1-5H3/b12-10+,17-15+,18-16+,22-21+,26-24+/t41-/m0/s1. The zero-order valence-corrected chi connectivity index (χ0v) is 35.1. The van der Waals surface area contributed by atoms with Gasteiger partial charge in [-0.05, 0) is 77.0 Å². The van der Waals surface area contributed by atoms with Gasteiger partial charge in [-0.15, -0.1) is 0 Å². The van der Waals surface area contributed by atoms with Gasteiger partial charge in [-0.3, -0.25) is 14.2 Å². The number of unbranched alkanes of at least 4 members (excludes halogenated alkanes) is 12. The first-order chi connectivity index (χ1) is 25.5. The zero-order valence-electron chi connectivity index (χ0n) is 34.2. The molecule has 306 valence electrons. The molecular formula is C43H76NO8P. The highest BCUT2D eigenvalue weighted by Gasteiger charge is 2.21. The van der Waals surface area contributed by atoms with E-state index in [1.54, 1.807) is 0 Å². The molecule has 0 aliphatic carbocycles. The number of ether oxygens (including phenoxy) is 2. The van der Waals surface area contributed by atoms with E-state index in [1.807, 2.05) is 21.1 Å². The van der Waals surface area contributed by atoms with Gasteiger partial charge >= 0.3 is 11.9 Å². The Labute approximate surface area is 324 Å². The summed E-state index contributed by atoms with van der Waals surface area (Å²) in [5, 5.41) is 0. The second kappa shape index (κ2) is 35.4. The van der Waals surface area contributed by atoms with Crippen LogP contribution < -0.4 is 4.89 Å². The number of rotatable bonds is 36. The van der Waals surface area contributed by atoms with Gasteiger partial charge in [-0.1, -0.05) is 120 Å². The van der Waals surface area contributed by atoms with Gasteiger partial charge in [0.15, 0.2) is 6.10 Å². The van der Waals surface area contributed by atoms with Crippen LogP contribution in [0.5, 0.6) is 0 Å². The van der Waals surface area contributed by atoms with Crippen molar-refractivity contribution >= 4 is 19.8 Å². The van der Waals surface area contributed by atoms with Crippen LogP contribution in [-0.2, 0) is 32.7 Å². The van der Waals surface area contributed by atoms with Crippen molar-refractivity contribution in [1.29, 1.82) is 0 Å². The van der Waals surface area contributed by atoms with Crippen LogP contribution in [0, 0.1) is 0 Å². The van der Waals surface area contributed by atoms with Crippen molar-refractivity contribution in [2.24, 2.45) is 0 Å². The molecule has 10 heteroatoms.